The Morgan fingerprint density at radius 3 is 2.14 bits per heavy atom. The minimum absolute atomic E-state index is 0.0416. The van der Waals surface area contributed by atoms with Gasteiger partial charge in [-0.3, -0.25) is 0 Å². The molecule has 0 saturated heterocycles. The molecule has 0 atom stereocenters. The van der Waals surface area contributed by atoms with Gasteiger partial charge in [0.05, 0.1) is 11.8 Å². The molecule has 1 heterocycles. The predicted molar refractivity (Wildman–Crippen MR) is 64.9 cm³/mol. The Balaban J connectivity index is 2.37. The maximum absolute atomic E-state index is 13.4. The number of hydrogen-bond acceptors (Lipinski definition) is 4. The number of hydrogen-bond donors (Lipinski definition) is 0. The lowest BCUT2D eigenvalue weighted by atomic mass is 10.2. The van der Waals surface area contributed by atoms with Crippen LogP contribution in [0.25, 0.3) is 5.69 Å². The SMILES string of the molecule is CC(C)Oc1ccc(-n2nnnc2C(F)(F)C(F)(F)F)cc1. The van der Waals surface area contributed by atoms with Crippen molar-refractivity contribution in [3.63, 3.8) is 0 Å². The van der Waals surface area contributed by atoms with Crippen molar-refractivity contribution < 1.29 is 26.7 Å². The van der Waals surface area contributed by atoms with Crippen LogP contribution in [0.1, 0.15) is 19.7 Å². The molecular weight excluding hydrogens is 311 g/mol. The molecule has 2 aromatic rings. The number of halogens is 5. The van der Waals surface area contributed by atoms with Gasteiger partial charge in [0.25, 0.3) is 0 Å². The number of nitrogens with zero attached hydrogens (tertiary/aromatic N) is 4. The molecule has 120 valence electrons. The van der Waals surface area contributed by atoms with Crippen LogP contribution in [0.15, 0.2) is 24.3 Å². The minimum atomic E-state index is -5.79. The van der Waals surface area contributed by atoms with Gasteiger partial charge in [-0.25, -0.2) is 0 Å². The van der Waals surface area contributed by atoms with Gasteiger partial charge in [-0.2, -0.15) is 26.6 Å². The van der Waals surface area contributed by atoms with Crippen LogP contribution in [0.5, 0.6) is 5.75 Å². The van der Waals surface area contributed by atoms with E-state index in [0.29, 0.717) is 10.4 Å². The van der Waals surface area contributed by atoms with Crippen LogP contribution in [-0.4, -0.2) is 32.5 Å². The molecule has 2 rings (SSSR count). The van der Waals surface area contributed by atoms with Gasteiger partial charge in [0.15, 0.2) is 0 Å². The summed E-state index contributed by atoms with van der Waals surface area (Å²) >= 11 is 0. The average molecular weight is 322 g/mol. The molecule has 0 spiro atoms. The molecule has 0 N–H and O–H groups in total. The van der Waals surface area contributed by atoms with Gasteiger partial charge in [-0.05, 0) is 48.5 Å². The van der Waals surface area contributed by atoms with Crippen molar-refractivity contribution in [3.8, 4) is 11.4 Å². The van der Waals surface area contributed by atoms with Gasteiger partial charge in [0, 0.05) is 0 Å². The summed E-state index contributed by atoms with van der Waals surface area (Å²) in [6.07, 6.45) is -5.90. The van der Waals surface area contributed by atoms with E-state index in [0.717, 1.165) is 0 Å². The Bertz CT molecular complexity index is 636. The van der Waals surface area contributed by atoms with Gasteiger partial charge in [-0.15, -0.1) is 5.10 Å². The quantitative estimate of drug-likeness (QED) is 0.812. The largest absolute Gasteiger partial charge is 0.491 e. The topological polar surface area (TPSA) is 52.8 Å². The Morgan fingerprint density at radius 2 is 1.64 bits per heavy atom. The van der Waals surface area contributed by atoms with Crippen molar-refractivity contribution in [2.75, 3.05) is 0 Å². The average Bonchev–Trinajstić information content (AvgIpc) is 2.87. The molecule has 5 nitrogen and oxygen atoms in total. The molecule has 0 aliphatic heterocycles. The molecule has 0 aliphatic rings. The van der Waals surface area contributed by atoms with Crippen molar-refractivity contribution in [1.82, 2.24) is 20.2 Å². The number of aromatic nitrogens is 4. The molecule has 0 aliphatic carbocycles. The Hall–Kier alpha value is -2.26. The maximum atomic E-state index is 13.4. The number of ether oxygens (including phenoxy) is 1. The van der Waals surface area contributed by atoms with E-state index in [1.807, 2.05) is 0 Å². The summed E-state index contributed by atoms with van der Waals surface area (Å²) in [7, 11) is 0. The summed E-state index contributed by atoms with van der Waals surface area (Å²) < 4.78 is 69.7. The van der Waals surface area contributed by atoms with Gasteiger partial charge in [0.1, 0.15) is 5.75 Å². The fraction of sp³-hybridized carbons (Fsp3) is 0.417. The summed E-state index contributed by atoms with van der Waals surface area (Å²) in [5.41, 5.74) is -0.0416. The Labute approximate surface area is 121 Å². The van der Waals surface area contributed by atoms with E-state index in [1.54, 1.807) is 13.8 Å². The summed E-state index contributed by atoms with van der Waals surface area (Å²) in [4.78, 5) is 0. The zero-order valence-corrected chi connectivity index (χ0v) is 11.5. The summed E-state index contributed by atoms with van der Waals surface area (Å²) in [5, 5.41) is 8.89. The van der Waals surface area contributed by atoms with E-state index >= 15 is 0 Å². The lowest BCUT2D eigenvalue weighted by molar-refractivity contribution is -0.293. The van der Waals surface area contributed by atoms with Gasteiger partial charge in [-0.1, -0.05) is 0 Å². The second-order valence-electron chi connectivity index (χ2n) is 4.65. The van der Waals surface area contributed by atoms with Gasteiger partial charge in [0.2, 0.25) is 5.82 Å². The highest BCUT2D eigenvalue weighted by Crippen LogP contribution is 2.43. The fourth-order valence-corrected chi connectivity index (χ4v) is 1.62. The molecule has 0 bridgehead atoms. The van der Waals surface area contributed by atoms with Gasteiger partial charge >= 0.3 is 12.1 Å². The molecular formula is C12H11F5N4O. The number of tetrazole rings is 1. The van der Waals surface area contributed by atoms with Crippen LogP contribution < -0.4 is 4.74 Å². The lowest BCUT2D eigenvalue weighted by Gasteiger charge is -2.18. The van der Waals surface area contributed by atoms with Crippen molar-refractivity contribution in [3.05, 3.63) is 30.1 Å². The molecule has 1 aromatic heterocycles. The van der Waals surface area contributed by atoms with E-state index in [-0.39, 0.29) is 11.8 Å². The first-order valence-electron chi connectivity index (χ1n) is 6.13. The zero-order chi connectivity index (χ0) is 16.5. The number of alkyl halides is 5. The lowest BCUT2D eigenvalue weighted by Crippen LogP contribution is -2.36. The monoisotopic (exact) mass is 322 g/mol. The molecule has 22 heavy (non-hydrogen) atoms. The zero-order valence-electron chi connectivity index (χ0n) is 11.5. The number of rotatable bonds is 4. The molecule has 0 amide bonds. The highest BCUT2D eigenvalue weighted by Gasteiger charge is 2.62. The Morgan fingerprint density at radius 1 is 1.05 bits per heavy atom. The second kappa shape index (κ2) is 5.50. The third kappa shape index (κ3) is 3.00. The minimum Gasteiger partial charge on any atom is -0.491 e. The van der Waals surface area contributed by atoms with Crippen molar-refractivity contribution >= 4 is 0 Å². The van der Waals surface area contributed by atoms with E-state index in [9.17, 15) is 22.0 Å². The highest BCUT2D eigenvalue weighted by atomic mass is 19.4. The van der Waals surface area contributed by atoms with Crippen molar-refractivity contribution in [2.45, 2.75) is 32.1 Å². The van der Waals surface area contributed by atoms with E-state index in [1.165, 1.54) is 24.3 Å². The summed E-state index contributed by atoms with van der Waals surface area (Å²) in [6.45, 7) is 3.58. The van der Waals surface area contributed by atoms with Crippen molar-refractivity contribution in [2.24, 2.45) is 0 Å². The normalized spacial score (nSPS) is 12.7. The van der Waals surface area contributed by atoms with Crippen LogP contribution in [0.2, 0.25) is 0 Å². The smallest absolute Gasteiger partial charge is 0.461 e. The van der Waals surface area contributed by atoms with E-state index < -0.39 is 17.9 Å². The molecule has 0 fully saturated rings. The van der Waals surface area contributed by atoms with Crippen LogP contribution >= 0.6 is 0 Å². The van der Waals surface area contributed by atoms with Crippen LogP contribution in [0, 0.1) is 0 Å². The van der Waals surface area contributed by atoms with Crippen molar-refractivity contribution in [1.29, 1.82) is 0 Å². The van der Waals surface area contributed by atoms with Gasteiger partial charge < -0.3 is 4.74 Å². The maximum Gasteiger partial charge on any atom is 0.461 e. The third-order valence-electron chi connectivity index (χ3n) is 2.56. The first-order chi connectivity index (χ1) is 10.1. The van der Waals surface area contributed by atoms with E-state index in [2.05, 4.69) is 15.5 Å². The molecule has 0 unspecified atom stereocenters. The van der Waals surface area contributed by atoms with E-state index in [4.69, 9.17) is 4.74 Å². The standard InChI is InChI=1S/C12H11F5N4O/c1-7(2)22-9-5-3-8(4-6-9)21-10(18-19-20-21)11(13,14)12(15,16)17/h3-7H,1-2H3. The molecule has 0 radical (unpaired) electrons. The van der Waals surface area contributed by atoms with Crippen LogP contribution in [-0.2, 0) is 5.92 Å². The predicted octanol–water partition coefficient (Wildman–Crippen LogP) is 3.10. The number of benzene rings is 1. The first-order valence-corrected chi connectivity index (χ1v) is 6.13. The first kappa shape index (κ1) is 16.1. The Kier molecular flexibility index (Phi) is 4.03. The third-order valence-corrected chi connectivity index (χ3v) is 2.56. The fourth-order valence-electron chi connectivity index (χ4n) is 1.62. The second-order valence-corrected chi connectivity index (χ2v) is 4.65. The van der Waals surface area contributed by atoms with Crippen LogP contribution in [0.4, 0.5) is 22.0 Å². The van der Waals surface area contributed by atoms with Crippen LogP contribution in [0.3, 0.4) is 0 Å². The summed E-state index contributed by atoms with van der Waals surface area (Å²) in [5.74, 6) is -6.32. The summed E-state index contributed by atoms with van der Waals surface area (Å²) in [6, 6.07) is 5.41. The molecule has 1 aromatic carbocycles. The highest BCUT2D eigenvalue weighted by molar-refractivity contribution is 5.37. The molecule has 0 saturated carbocycles. The molecule has 10 heteroatoms.